The maximum Gasteiger partial charge on any atom is 0.165 e. The van der Waals surface area contributed by atoms with E-state index in [-0.39, 0.29) is 11.9 Å². The topological polar surface area (TPSA) is 35.5 Å². The number of methoxy groups -OCH3 is 1. The Balaban J connectivity index is 2.01. The molecule has 1 aromatic carbocycles. The van der Waals surface area contributed by atoms with E-state index < -0.39 is 0 Å². The minimum absolute atomic E-state index is 0.110. The molecular formula is C13H16O3. The number of benzene rings is 1. The van der Waals surface area contributed by atoms with Gasteiger partial charge < -0.3 is 9.47 Å². The number of carbonyl (C=O) groups excluding carboxylic acids is 1. The number of rotatable bonds is 4. The molecule has 0 radical (unpaired) electrons. The molecule has 1 aliphatic rings. The number of hydrogen-bond donors (Lipinski definition) is 0. The molecule has 0 aromatic heterocycles. The van der Waals surface area contributed by atoms with Crippen molar-refractivity contribution in [1.29, 1.82) is 0 Å². The highest BCUT2D eigenvalue weighted by Crippen LogP contribution is 2.19. The summed E-state index contributed by atoms with van der Waals surface area (Å²) in [5.41, 5.74) is 0.704. The molecule has 3 nitrogen and oxygen atoms in total. The summed E-state index contributed by atoms with van der Waals surface area (Å²) in [5, 5.41) is 0. The average Bonchev–Trinajstić information content (AvgIpc) is 2.82. The number of ether oxygens (including phenoxy) is 2. The first kappa shape index (κ1) is 11.1. The summed E-state index contributed by atoms with van der Waals surface area (Å²) < 4.78 is 10.5. The van der Waals surface area contributed by atoms with E-state index in [1.54, 1.807) is 13.2 Å². The van der Waals surface area contributed by atoms with Crippen LogP contribution in [-0.4, -0.2) is 25.6 Å². The van der Waals surface area contributed by atoms with E-state index in [1.165, 1.54) is 0 Å². The van der Waals surface area contributed by atoms with Gasteiger partial charge in [-0.1, -0.05) is 12.1 Å². The van der Waals surface area contributed by atoms with Gasteiger partial charge in [-0.25, -0.2) is 0 Å². The molecule has 0 bridgehead atoms. The second kappa shape index (κ2) is 5.12. The molecular weight excluding hydrogens is 204 g/mol. The smallest absolute Gasteiger partial charge is 0.165 e. The number of Topliss-reactive ketones (excluding diaryl/α,β-unsaturated/α-hetero) is 1. The summed E-state index contributed by atoms with van der Waals surface area (Å²) in [6.07, 6.45) is 2.65. The standard InChI is InChI=1S/C13H16O3/c1-15-11-5-2-4-10(8-11)13(14)9-12-6-3-7-16-12/h2,4-5,8,12H,3,6-7,9H2,1H3/t12-/m0/s1. The Bertz CT molecular complexity index is 367. The molecule has 0 unspecified atom stereocenters. The highest BCUT2D eigenvalue weighted by Gasteiger charge is 2.19. The molecule has 1 aliphatic heterocycles. The normalized spacial score (nSPS) is 19.7. The van der Waals surface area contributed by atoms with Crippen molar-refractivity contribution in [3.05, 3.63) is 29.8 Å². The van der Waals surface area contributed by atoms with Crippen molar-refractivity contribution in [2.75, 3.05) is 13.7 Å². The third-order valence-electron chi connectivity index (χ3n) is 2.83. The van der Waals surface area contributed by atoms with Gasteiger partial charge in [-0.05, 0) is 25.0 Å². The highest BCUT2D eigenvalue weighted by molar-refractivity contribution is 5.96. The minimum Gasteiger partial charge on any atom is -0.497 e. The van der Waals surface area contributed by atoms with Crippen molar-refractivity contribution >= 4 is 5.78 Å². The average molecular weight is 220 g/mol. The molecule has 1 atom stereocenters. The SMILES string of the molecule is COc1cccc(C(=O)C[C@@H]2CCCO2)c1. The van der Waals surface area contributed by atoms with Crippen LogP contribution in [0, 0.1) is 0 Å². The van der Waals surface area contributed by atoms with Gasteiger partial charge in [-0.15, -0.1) is 0 Å². The van der Waals surface area contributed by atoms with E-state index in [2.05, 4.69) is 0 Å². The zero-order valence-electron chi connectivity index (χ0n) is 9.44. The maximum atomic E-state index is 11.9. The van der Waals surface area contributed by atoms with E-state index in [1.807, 2.05) is 18.2 Å². The Hall–Kier alpha value is -1.35. The Morgan fingerprint density at radius 3 is 3.12 bits per heavy atom. The largest absolute Gasteiger partial charge is 0.497 e. The molecule has 1 fully saturated rings. The first-order chi connectivity index (χ1) is 7.79. The van der Waals surface area contributed by atoms with Crippen molar-refractivity contribution < 1.29 is 14.3 Å². The molecule has 1 aromatic rings. The molecule has 1 heterocycles. The van der Waals surface area contributed by atoms with Gasteiger partial charge >= 0.3 is 0 Å². The maximum absolute atomic E-state index is 11.9. The Labute approximate surface area is 95.4 Å². The second-order valence-corrected chi connectivity index (χ2v) is 3.99. The fourth-order valence-corrected chi connectivity index (χ4v) is 1.93. The molecule has 0 spiro atoms. The lowest BCUT2D eigenvalue weighted by molar-refractivity contribution is 0.0775. The fourth-order valence-electron chi connectivity index (χ4n) is 1.93. The predicted octanol–water partition coefficient (Wildman–Crippen LogP) is 2.45. The molecule has 1 saturated heterocycles. The van der Waals surface area contributed by atoms with Crippen LogP contribution in [0.4, 0.5) is 0 Å². The first-order valence-electron chi connectivity index (χ1n) is 5.58. The predicted molar refractivity (Wildman–Crippen MR) is 60.9 cm³/mol. The lowest BCUT2D eigenvalue weighted by Crippen LogP contribution is -2.12. The lowest BCUT2D eigenvalue weighted by Gasteiger charge is -2.08. The van der Waals surface area contributed by atoms with Gasteiger partial charge in [0.05, 0.1) is 13.2 Å². The van der Waals surface area contributed by atoms with E-state index in [0.29, 0.717) is 12.0 Å². The molecule has 3 heteroatoms. The van der Waals surface area contributed by atoms with Crippen molar-refractivity contribution in [3.63, 3.8) is 0 Å². The molecule has 0 aliphatic carbocycles. The Morgan fingerprint density at radius 2 is 2.44 bits per heavy atom. The molecule has 86 valence electrons. The second-order valence-electron chi connectivity index (χ2n) is 3.99. The van der Waals surface area contributed by atoms with Crippen LogP contribution < -0.4 is 4.74 Å². The molecule has 0 amide bonds. The van der Waals surface area contributed by atoms with Gasteiger partial charge in [0.25, 0.3) is 0 Å². The van der Waals surface area contributed by atoms with Gasteiger partial charge in [0, 0.05) is 18.6 Å². The number of ketones is 1. The summed E-state index contributed by atoms with van der Waals surface area (Å²) in [5.74, 6) is 0.851. The Kier molecular flexibility index (Phi) is 3.57. The Morgan fingerprint density at radius 1 is 1.56 bits per heavy atom. The summed E-state index contributed by atoms with van der Waals surface area (Å²) in [6.45, 7) is 0.788. The van der Waals surface area contributed by atoms with E-state index in [9.17, 15) is 4.79 Å². The summed E-state index contributed by atoms with van der Waals surface area (Å²) in [4.78, 5) is 11.9. The van der Waals surface area contributed by atoms with Crippen LogP contribution >= 0.6 is 0 Å². The van der Waals surface area contributed by atoms with Gasteiger partial charge in [0.1, 0.15) is 5.75 Å². The summed E-state index contributed by atoms with van der Waals surface area (Å²) >= 11 is 0. The highest BCUT2D eigenvalue weighted by atomic mass is 16.5. The van der Waals surface area contributed by atoms with Crippen LogP contribution in [-0.2, 0) is 4.74 Å². The first-order valence-corrected chi connectivity index (χ1v) is 5.58. The van der Waals surface area contributed by atoms with Gasteiger partial charge in [0.2, 0.25) is 0 Å². The van der Waals surface area contributed by atoms with Crippen LogP contribution in [0.25, 0.3) is 0 Å². The minimum atomic E-state index is 0.110. The number of hydrogen-bond acceptors (Lipinski definition) is 3. The van der Waals surface area contributed by atoms with Crippen molar-refractivity contribution in [3.8, 4) is 5.75 Å². The zero-order chi connectivity index (χ0) is 11.4. The van der Waals surface area contributed by atoms with Gasteiger partial charge in [-0.2, -0.15) is 0 Å². The van der Waals surface area contributed by atoms with Crippen molar-refractivity contribution in [1.82, 2.24) is 0 Å². The van der Waals surface area contributed by atoms with Crippen LogP contribution in [0.1, 0.15) is 29.6 Å². The van der Waals surface area contributed by atoms with Crippen molar-refractivity contribution in [2.45, 2.75) is 25.4 Å². The lowest BCUT2D eigenvalue weighted by atomic mass is 10.0. The fraction of sp³-hybridized carbons (Fsp3) is 0.462. The van der Waals surface area contributed by atoms with Crippen LogP contribution in [0.5, 0.6) is 5.75 Å². The number of carbonyl (C=O) groups is 1. The van der Waals surface area contributed by atoms with Crippen LogP contribution in [0.3, 0.4) is 0 Å². The summed E-state index contributed by atoms with van der Waals surface area (Å²) in [6, 6.07) is 7.27. The van der Waals surface area contributed by atoms with Crippen LogP contribution in [0.2, 0.25) is 0 Å². The zero-order valence-corrected chi connectivity index (χ0v) is 9.44. The van der Waals surface area contributed by atoms with E-state index in [0.717, 1.165) is 25.2 Å². The molecule has 2 rings (SSSR count). The van der Waals surface area contributed by atoms with Gasteiger partial charge in [-0.3, -0.25) is 4.79 Å². The molecule has 0 N–H and O–H groups in total. The molecule has 0 saturated carbocycles. The third-order valence-corrected chi connectivity index (χ3v) is 2.83. The van der Waals surface area contributed by atoms with E-state index in [4.69, 9.17) is 9.47 Å². The molecule has 16 heavy (non-hydrogen) atoms. The van der Waals surface area contributed by atoms with Gasteiger partial charge in [0.15, 0.2) is 5.78 Å². The quantitative estimate of drug-likeness (QED) is 0.731. The summed E-state index contributed by atoms with van der Waals surface area (Å²) in [7, 11) is 1.60. The monoisotopic (exact) mass is 220 g/mol. The van der Waals surface area contributed by atoms with E-state index >= 15 is 0 Å². The van der Waals surface area contributed by atoms with Crippen molar-refractivity contribution in [2.24, 2.45) is 0 Å². The third kappa shape index (κ3) is 2.61. The van der Waals surface area contributed by atoms with Crippen LogP contribution in [0.15, 0.2) is 24.3 Å².